The van der Waals surface area contributed by atoms with Gasteiger partial charge in [-0.25, -0.2) is 0 Å². The van der Waals surface area contributed by atoms with Gasteiger partial charge < -0.3 is 5.32 Å². The van der Waals surface area contributed by atoms with Crippen molar-refractivity contribution in [3.63, 3.8) is 0 Å². The van der Waals surface area contributed by atoms with Crippen LogP contribution >= 0.6 is 27.3 Å². The van der Waals surface area contributed by atoms with Crippen molar-refractivity contribution in [1.82, 2.24) is 5.32 Å². The van der Waals surface area contributed by atoms with E-state index in [4.69, 9.17) is 5.26 Å². The monoisotopic (exact) mass is 272 g/mol. The first-order valence-electron chi connectivity index (χ1n) is 3.93. The van der Waals surface area contributed by atoms with Crippen LogP contribution in [0.3, 0.4) is 0 Å². The number of hydrogen-bond acceptors (Lipinski definition) is 3. The Hall–Kier alpha value is -0.860. The van der Waals surface area contributed by atoms with Gasteiger partial charge in [-0.2, -0.15) is 5.26 Å². The summed E-state index contributed by atoms with van der Waals surface area (Å²) in [5.41, 5.74) is -0.833. The predicted molar refractivity (Wildman–Crippen MR) is 59.2 cm³/mol. The maximum absolute atomic E-state index is 11.6. The number of rotatable bonds is 2. The van der Waals surface area contributed by atoms with Gasteiger partial charge in [-0.3, -0.25) is 4.79 Å². The van der Waals surface area contributed by atoms with Crippen molar-refractivity contribution in [2.75, 3.05) is 0 Å². The topological polar surface area (TPSA) is 52.9 Å². The number of nitrogens with zero attached hydrogens (tertiary/aromatic N) is 1. The minimum absolute atomic E-state index is 0.224. The third-order valence-electron chi connectivity index (χ3n) is 1.53. The summed E-state index contributed by atoms with van der Waals surface area (Å²) in [6, 6.07) is 3.82. The highest BCUT2D eigenvalue weighted by Crippen LogP contribution is 2.22. The van der Waals surface area contributed by atoms with Crippen LogP contribution in [-0.4, -0.2) is 11.4 Å². The number of hydrogen-bond donors (Lipinski definition) is 1. The molecule has 74 valence electrons. The maximum atomic E-state index is 11.6. The van der Waals surface area contributed by atoms with E-state index in [0.29, 0.717) is 4.88 Å². The number of nitriles is 1. The average molecular weight is 273 g/mol. The molecule has 5 heteroatoms. The lowest BCUT2D eigenvalue weighted by Gasteiger charge is -2.16. The van der Waals surface area contributed by atoms with E-state index in [1.54, 1.807) is 19.9 Å². The Morgan fingerprint density at radius 3 is 2.79 bits per heavy atom. The van der Waals surface area contributed by atoms with Gasteiger partial charge >= 0.3 is 0 Å². The van der Waals surface area contributed by atoms with Gasteiger partial charge in [0.1, 0.15) is 10.4 Å². The molecular formula is C9H9BrN2OS. The van der Waals surface area contributed by atoms with Gasteiger partial charge in [0.25, 0.3) is 5.91 Å². The van der Waals surface area contributed by atoms with E-state index < -0.39 is 5.54 Å². The van der Waals surface area contributed by atoms with Crippen molar-refractivity contribution in [3.05, 3.63) is 20.8 Å². The minimum atomic E-state index is -0.833. The second kappa shape index (κ2) is 4.11. The normalized spacial score (nSPS) is 10.7. The van der Waals surface area contributed by atoms with Gasteiger partial charge in [-0.15, -0.1) is 11.3 Å². The molecule has 0 saturated heterocycles. The molecule has 0 aromatic carbocycles. The van der Waals surface area contributed by atoms with Gasteiger partial charge in [0.05, 0.1) is 6.07 Å². The van der Waals surface area contributed by atoms with Crippen LogP contribution in [0, 0.1) is 11.3 Å². The van der Waals surface area contributed by atoms with Gasteiger partial charge in [0.2, 0.25) is 0 Å². The quantitative estimate of drug-likeness (QED) is 0.900. The summed E-state index contributed by atoms with van der Waals surface area (Å²) in [4.78, 5) is 12.2. The first-order valence-corrected chi connectivity index (χ1v) is 5.60. The SMILES string of the molecule is CC(C)(C#N)NC(=O)c1sccc1Br. The van der Waals surface area contributed by atoms with E-state index in [-0.39, 0.29) is 5.91 Å². The van der Waals surface area contributed by atoms with Crippen molar-refractivity contribution in [1.29, 1.82) is 5.26 Å². The minimum Gasteiger partial charge on any atom is -0.333 e. The summed E-state index contributed by atoms with van der Waals surface area (Å²) in [6.45, 7) is 3.32. The Morgan fingerprint density at radius 2 is 2.36 bits per heavy atom. The number of carbonyl (C=O) groups is 1. The van der Waals surface area contributed by atoms with E-state index in [2.05, 4.69) is 21.2 Å². The Kier molecular flexibility index (Phi) is 3.29. The third kappa shape index (κ3) is 2.56. The van der Waals surface area contributed by atoms with Gasteiger partial charge in [-0.1, -0.05) is 0 Å². The van der Waals surface area contributed by atoms with Crippen LogP contribution < -0.4 is 5.32 Å². The molecule has 14 heavy (non-hydrogen) atoms. The highest BCUT2D eigenvalue weighted by Gasteiger charge is 2.21. The zero-order chi connectivity index (χ0) is 10.8. The van der Waals surface area contributed by atoms with E-state index in [0.717, 1.165) is 4.47 Å². The van der Waals surface area contributed by atoms with Crippen molar-refractivity contribution in [2.24, 2.45) is 0 Å². The second-order valence-corrected chi connectivity index (χ2v) is 5.06. The number of carbonyl (C=O) groups excluding carboxylic acids is 1. The fourth-order valence-electron chi connectivity index (χ4n) is 0.824. The zero-order valence-electron chi connectivity index (χ0n) is 7.80. The zero-order valence-corrected chi connectivity index (χ0v) is 10.2. The highest BCUT2D eigenvalue weighted by molar-refractivity contribution is 9.10. The first kappa shape index (κ1) is 11.2. The van der Waals surface area contributed by atoms with Crippen LogP contribution in [0.15, 0.2) is 15.9 Å². The fraction of sp³-hybridized carbons (Fsp3) is 0.333. The first-order chi connectivity index (χ1) is 6.46. The molecule has 0 radical (unpaired) electrons. The third-order valence-corrected chi connectivity index (χ3v) is 3.37. The predicted octanol–water partition coefficient (Wildman–Crippen LogP) is 2.54. The Morgan fingerprint density at radius 1 is 1.71 bits per heavy atom. The molecule has 1 aromatic rings. The van der Waals surface area contributed by atoms with Crippen molar-refractivity contribution >= 4 is 33.2 Å². The van der Waals surface area contributed by atoms with E-state index in [1.165, 1.54) is 11.3 Å². The fourth-order valence-corrected chi connectivity index (χ4v) is 2.27. The van der Waals surface area contributed by atoms with Crippen LogP contribution in [0.1, 0.15) is 23.5 Å². The molecule has 3 nitrogen and oxygen atoms in total. The van der Waals surface area contributed by atoms with Crippen molar-refractivity contribution in [2.45, 2.75) is 19.4 Å². The van der Waals surface area contributed by atoms with Crippen molar-refractivity contribution < 1.29 is 4.79 Å². The van der Waals surface area contributed by atoms with Crippen molar-refractivity contribution in [3.8, 4) is 6.07 Å². The molecule has 0 aliphatic rings. The summed E-state index contributed by atoms with van der Waals surface area (Å²) in [6.07, 6.45) is 0. The molecule has 0 bridgehead atoms. The summed E-state index contributed by atoms with van der Waals surface area (Å²) < 4.78 is 0.758. The van der Waals surface area contributed by atoms with Gasteiger partial charge in [0, 0.05) is 4.47 Å². The molecule has 0 unspecified atom stereocenters. The molecule has 0 spiro atoms. The summed E-state index contributed by atoms with van der Waals surface area (Å²) in [7, 11) is 0. The summed E-state index contributed by atoms with van der Waals surface area (Å²) in [5.74, 6) is -0.224. The summed E-state index contributed by atoms with van der Waals surface area (Å²) in [5, 5.41) is 13.2. The largest absolute Gasteiger partial charge is 0.333 e. The van der Waals surface area contributed by atoms with E-state index >= 15 is 0 Å². The molecule has 0 aliphatic carbocycles. The lowest BCUT2D eigenvalue weighted by atomic mass is 10.1. The number of amides is 1. The van der Waals surface area contributed by atoms with Crippen LogP contribution in [-0.2, 0) is 0 Å². The van der Waals surface area contributed by atoms with Crippen LogP contribution in [0.4, 0.5) is 0 Å². The number of nitrogens with one attached hydrogen (secondary N) is 1. The van der Waals surface area contributed by atoms with Gasteiger partial charge in [-0.05, 0) is 41.2 Å². The molecular weight excluding hydrogens is 264 g/mol. The smallest absolute Gasteiger partial charge is 0.263 e. The highest BCUT2D eigenvalue weighted by atomic mass is 79.9. The molecule has 0 atom stereocenters. The average Bonchev–Trinajstić information content (AvgIpc) is 2.51. The standard InChI is InChI=1S/C9H9BrN2OS/c1-9(2,5-11)12-8(13)7-6(10)3-4-14-7/h3-4H,1-2H3,(H,12,13). The lowest BCUT2D eigenvalue weighted by molar-refractivity contribution is 0.0932. The van der Waals surface area contributed by atoms with Crippen LogP contribution in [0.2, 0.25) is 0 Å². The number of halogens is 1. The second-order valence-electron chi connectivity index (χ2n) is 3.29. The molecule has 0 fully saturated rings. The Labute approximate surface area is 94.9 Å². The van der Waals surface area contributed by atoms with Crippen LogP contribution in [0.25, 0.3) is 0 Å². The molecule has 1 aromatic heterocycles. The van der Waals surface area contributed by atoms with E-state index in [1.807, 2.05) is 11.4 Å². The van der Waals surface area contributed by atoms with Crippen LogP contribution in [0.5, 0.6) is 0 Å². The molecule has 1 amide bonds. The molecule has 0 aliphatic heterocycles. The molecule has 0 saturated carbocycles. The lowest BCUT2D eigenvalue weighted by Crippen LogP contribution is -2.41. The molecule has 1 heterocycles. The molecule has 1 rings (SSSR count). The Bertz CT molecular complexity index is 392. The van der Waals surface area contributed by atoms with Gasteiger partial charge in [0.15, 0.2) is 0 Å². The number of thiophene rings is 1. The van der Waals surface area contributed by atoms with E-state index in [9.17, 15) is 4.79 Å². The Balaban J connectivity index is 2.80. The summed E-state index contributed by atoms with van der Waals surface area (Å²) >= 11 is 4.60. The maximum Gasteiger partial charge on any atom is 0.263 e. The molecule has 1 N–H and O–H groups in total.